The second-order valence-electron chi connectivity index (χ2n) is 4.87. The Hall–Kier alpha value is -1.97. The van der Waals surface area contributed by atoms with Gasteiger partial charge < -0.3 is 4.74 Å². The number of ether oxygens (including phenoxy) is 1. The molecule has 0 saturated heterocycles. The number of alkyl halides is 6. The molecule has 136 valence electrons. The molecule has 0 aliphatic carbocycles. The molecule has 1 atom stereocenters. The fourth-order valence-electron chi connectivity index (χ4n) is 1.97. The number of carbonyl (C=O) groups is 1. The van der Waals surface area contributed by atoms with Crippen LogP contribution in [0.25, 0.3) is 0 Å². The maximum Gasteiger partial charge on any atom is 0.434 e. The summed E-state index contributed by atoms with van der Waals surface area (Å²) in [5, 5.41) is 2.34. The van der Waals surface area contributed by atoms with Gasteiger partial charge >= 0.3 is 18.4 Å². The van der Waals surface area contributed by atoms with Crippen LogP contribution in [-0.4, -0.2) is 30.7 Å². The maximum atomic E-state index is 13.3. The summed E-state index contributed by atoms with van der Waals surface area (Å²) < 4.78 is 84.0. The van der Waals surface area contributed by atoms with Crippen molar-refractivity contribution in [3.63, 3.8) is 0 Å². The van der Waals surface area contributed by atoms with Crippen molar-refractivity contribution in [1.29, 1.82) is 0 Å². The number of benzene rings is 1. The molecule has 0 aromatic heterocycles. The number of hydrogen-bond acceptors (Lipinski definition) is 3. The smallest absolute Gasteiger partial charge is 0.434 e. The monoisotopic (exact) mass is 358 g/mol. The van der Waals surface area contributed by atoms with E-state index >= 15 is 0 Å². The highest BCUT2D eigenvalue weighted by Gasteiger charge is 2.72. The molecule has 0 unspecified atom stereocenters. The maximum absolute atomic E-state index is 13.3. The lowest BCUT2D eigenvalue weighted by Crippen LogP contribution is -2.75. The minimum Gasteiger partial charge on any atom is -0.450 e. The van der Waals surface area contributed by atoms with Gasteiger partial charge in [-0.3, -0.25) is 10.6 Å². The molecule has 24 heavy (non-hydrogen) atoms. The summed E-state index contributed by atoms with van der Waals surface area (Å²) in [6.45, 7) is 1.99. The quantitative estimate of drug-likeness (QED) is 0.620. The summed E-state index contributed by atoms with van der Waals surface area (Å²) in [5.41, 5.74) is -4.47. The van der Waals surface area contributed by atoms with Crippen molar-refractivity contribution < 1.29 is 35.9 Å². The van der Waals surface area contributed by atoms with E-state index in [0.717, 1.165) is 12.2 Å². The average molecular weight is 358 g/mol. The number of hydrogen-bond donors (Lipinski definition) is 2. The Morgan fingerprint density at radius 3 is 2.00 bits per heavy atom. The Kier molecular flexibility index (Phi) is 6.09. The van der Waals surface area contributed by atoms with Crippen LogP contribution in [0.15, 0.2) is 30.3 Å². The van der Waals surface area contributed by atoms with Crippen molar-refractivity contribution in [2.24, 2.45) is 0 Å². The van der Waals surface area contributed by atoms with E-state index < -0.39 is 30.2 Å². The summed E-state index contributed by atoms with van der Waals surface area (Å²) in [5.74, 6) is 0. The highest BCUT2D eigenvalue weighted by molar-refractivity contribution is 5.68. The van der Waals surface area contributed by atoms with Crippen molar-refractivity contribution in [2.45, 2.75) is 37.9 Å². The van der Waals surface area contributed by atoms with Crippen molar-refractivity contribution in [3.8, 4) is 0 Å². The van der Waals surface area contributed by atoms with Gasteiger partial charge in [-0.25, -0.2) is 4.79 Å². The predicted molar refractivity (Wildman–Crippen MR) is 73.0 cm³/mol. The lowest BCUT2D eigenvalue weighted by Gasteiger charge is -2.40. The number of nitrogens with one attached hydrogen (secondary N) is 2. The summed E-state index contributed by atoms with van der Waals surface area (Å²) >= 11 is 0. The first-order valence-electron chi connectivity index (χ1n) is 6.85. The molecule has 1 rings (SSSR count). The number of halogens is 6. The van der Waals surface area contributed by atoms with E-state index in [1.807, 2.05) is 0 Å². The fourth-order valence-corrected chi connectivity index (χ4v) is 1.97. The van der Waals surface area contributed by atoms with E-state index in [1.54, 1.807) is 6.07 Å². The van der Waals surface area contributed by atoms with Crippen LogP contribution in [0, 0.1) is 0 Å². The van der Waals surface area contributed by atoms with Crippen LogP contribution in [0.3, 0.4) is 0 Å². The molecule has 1 aromatic rings. The van der Waals surface area contributed by atoms with Crippen molar-refractivity contribution in [3.05, 3.63) is 35.9 Å². The van der Waals surface area contributed by atoms with E-state index in [-0.39, 0.29) is 12.2 Å². The zero-order chi connectivity index (χ0) is 18.6. The van der Waals surface area contributed by atoms with Crippen molar-refractivity contribution >= 4 is 6.09 Å². The molecule has 0 fully saturated rings. The Labute approximate surface area is 134 Å². The molecule has 10 heteroatoms. The van der Waals surface area contributed by atoms with Gasteiger partial charge in [0.15, 0.2) is 0 Å². The Balaban J connectivity index is 3.27. The lowest BCUT2D eigenvalue weighted by molar-refractivity contribution is -0.317. The van der Waals surface area contributed by atoms with Gasteiger partial charge in [0.25, 0.3) is 5.66 Å². The van der Waals surface area contributed by atoms with E-state index in [0.29, 0.717) is 0 Å². The minimum atomic E-state index is -5.86. The first kappa shape index (κ1) is 20.1. The lowest BCUT2D eigenvalue weighted by atomic mass is 10.0. The highest BCUT2D eigenvalue weighted by atomic mass is 19.4. The molecule has 0 spiro atoms. The van der Waals surface area contributed by atoms with Gasteiger partial charge in [-0.1, -0.05) is 30.3 Å². The van der Waals surface area contributed by atoms with E-state index in [1.165, 1.54) is 36.5 Å². The molecular formula is C14H16F6N2O2. The SMILES string of the molecule is CCOC(=O)NC(N[C@@H](C)c1ccccc1)(C(F)(F)F)C(F)(F)F. The third kappa shape index (κ3) is 4.31. The fraction of sp³-hybridized carbons (Fsp3) is 0.500. The van der Waals surface area contributed by atoms with Gasteiger partial charge in [-0.2, -0.15) is 26.3 Å². The van der Waals surface area contributed by atoms with E-state index in [2.05, 4.69) is 4.74 Å². The number of rotatable bonds is 5. The highest BCUT2D eigenvalue weighted by Crippen LogP contribution is 2.42. The van der Waals surface area contributed by atoms with Gasteiger partial charge in [0.1, 0.15) is 0 Å². The van der Waals surface area contributed by atoms with Gasteiger partial charge in [-0.05, 0) is 19.4 Å². The van der Waals surface area contributed by atoms with Crippen molar-refractivity contribution in [1.82, 2.24) is 10.6 Å². The summed E-state index contributed by atoms with van der Waals surface area (Å²) in [4.78, 5) is 11.3. The average Bonchev–Trinajstić information content (AvgIpc) is 2.45. The van der Waals surface area contributed by atoms with E-state index in [9.17, 15) is 31.1 Å². The number of amides is 1. The number of alkyl carbamates (subject to hydrolysis) is 1. The predicted octanol–water partition coefficient (Wildman–Crippen LogP) is 3.90. The molecule has 1 amide bonds. The largest absolute Gasteiger partial charge is 0.450 e. The molecule has 0 heterocycles. The number of carbonyl (C=O) groups excluding carboxylic acids is 1. The second kappa shape index (κ2) is 7.29. The third-order valence-electron chi connectivity index (χ3n) is 3.15. The first-order chi connectivity index (χ1) is 10.9. The zero-order valence-corrected chi connectivity index (χ0v) is 12.8. The normalized spacial score (nSPS) is 14.2. The van der Waals surface area contributed by atoms with Crippen LogP contribution in [0.4, 0.5) is 31.1 Å². The molecule has 2 N–H and O–H groups in total. The summed E-state index contributed by atoms with van der Waals surface area (Å²) in [6.07, 6.45) is -13.6. The Morgan fingerprint density at radius 2 is 1.58 bits per heavy atom. The topological polar surface area (TPSA) is 50.4 Å². The second-order valence-corrected chi connectivity index (χ2v) is 4.87. The summed E-state index contributed by atoms with van der Waals surface area (Å²) in [7, 11) is 0. The van der Waals surface area contributed by atoms with Gasteiger partial charge in [0.05, 0.1) is 6.61 Å². The molecule has 0 saturated carbocycles. The molecule has 0 aliphatic rings. The van der Waals surface area contributed by atoms with Gasteiger partial charge in [0, 0.05) is 6.04 Å². The van der Waals surface area contributed by atoms with Gasteiger partial charge in [0.2, 0.25) is 0 Å². The Morgan fingerprint density at radius 1 is 1.08 bits per heavy atom. The van der Waals surface area contributed by atoms with Crippen LogP contribution < -0.4 is 10.6 Å². The molecule has 1 aromatic carbocycles. The molecule has 4 nitrogen and oxygen atoms in total. The van der Waals surface area contributed by atoms with Gasteiger partial charge in [-0.15, -0.1) is 0 Å². The Bertz CT molecular complexity index is 530. The molecular weight excluding hydrogens is 342 g/mol. The van der Waals surface area contributed by atoms with Crippen LogP contribution in [0.1, 0.15) is 25.5 Å². The standard InChI is InChI=1S/C14H16F6N2O2/c1-3-24-11(23)22-12(13(15,16)17,14(18,19)20)21-9(2)10-7-5-4-6-8-10/h4-9,21H,3H2,1-2H3,(H,22,23)/t9-/m0/s1. The van der Waals surface area contributed by atoms with Crippen LogP contribution in [0.2, 0.25) is 0 Å². The van der Waals surface area contributed by atoms with Crippen LogP contribution in [0.5, 0.6) is 0 Å². The minimum absolute atomic E-state index is 0.182. The molecule has 0 bridgehead atoms. The van der Waals surface area contributed by atoms with E-state index in [4.69, 9.17) is 0 Å². The van der Waals surface area contributed by atoms with Crippen LogP contribution in [-0.2, 0) is 4.74 Å². The zero-order valence-electron chi connectivity index (χ0n) is 12.8. The molecule has 0 aliphatic heterocycles. The summed E-state index contributed by atoms with van der Waals surface area (Å²) in [6, 6.07) is 5.86. The first-order valence-corrected chi connectivity index (χ1v) is 6.85. The van der Waals surface area contributed by atoms with Crippen molar-refractivity contribution in [2.75, 3.05) is 6.61 Å². The molecule has 0 radical (unpaired) electrons. The van der Waals surface area contributed by atoms with Crippen LogP contribution >= 0.6 is 0 Å². The third-order valence-corrected chi connectivity index (χ3v) is 3.15.